The largest absolute Gasteiger partial charge is 0.387 e. The minimum absolute atomic E-state index is 0.726. The predicted octanol–water partition coefficient (Wildman–Crippen LogP) is 1.39. The summed E-state index contributed by atoms with van der Waals surface area (Å²) in [5, 5.41) is 0. The Morgan fingerprint density at radius 1 is 1.62 bits per heavy atom. The normalized spacial score (nSPS) is 11.6. The molecule has 0 spiro atoms. The highest BCUT2D eigenvalue weighted by Crippen LogP contribution is 1.96. The van der Waals surface area contributed by atoms with Crippen LogP contribution < -0.4 is 5.73 Å². The Morgan fingerprint density at radius 3 is 3.08 bits per heavy atom. The molecule has 0 atom stereocenters. The van der Waals surface area contributed by atoms with Crippen molar-refractivity contribution in [3.63, 3.8) is 0 Å². The zero-order valence-corrected chi connectivity index (χ0v) is 7.90. The van der Waals surface area contributed by atoms with E-state index >= 15 is 0 Å². The molecular weight excluding hydrogens is 162 g/mol. The Morgan fingerprint density at radius 2 is 2.46 bits per heavy atom. The molecule has 2 N–H and O–H groups in total. The number of pyridine rings is 1. The molecule has 0 saturated heterocycles. The second-order valence-electron chi connectivity index (χ2n) is 2.84. The smallest absolute Gasteiger partial charge is 0.0934 e. The van der Waals surface area contributed by atoms with Crippen LogP contribution in [0, 0.1) is 0 Å². The summed E-state index contributed by atoms with van der Waals surface area (Å²) in [5.41, 5.74) is 6.78. The zero-order chi connectivity index (χ0) is 9.52. The molecule has 1 aromatic rings. The van der Waals surface area contributed by atoms with Gasteiger partial charge in [-0.2, -0.15) is 0 Å². The van der Waals surface area contributed by atoms with Gasteiger partial charge in [-0.1, -0.05) is 13.0 Å². The Labute approximate surface area is 78.7 Å². The summed E-state index contributed by atoms with van der Waals surface area (Å²) in [5.74, 6) is 0.726. The molecular formula is C10H15N3. The lowest BCUT2D eigenvalue weighted by molar-refractivity contribution is 0.947. The van der Waals surface area contributed by atoms with Crippen molar-refractivity contribution < 1.29 is 0 Å². The van der Waals surface area contributed by atoms with E-state index in [2.05, 4.69) is 9.98 Å². The van der Waals surface area contributed by atoms with Crippen molar-refractivity contribution >= 4 is 5.84 Å². The maximum absolute atomic E-state index is 5.57. The fraction of sp³-hybridized carbons (Fsp3) is 0.400. The molecule has 0 aliphatic rings. The molecule has 0 bridgehead atoms. The van der Waals surface area contributed by atoms with E-state index in [9.17, 15) is 0 Å². The first-order chi connectivity index (χ1) is 6.33. The molecule has 3 heteroatoms. The Kier molecular flexibility index (Phi) is 3.96. The summed E-state index contributed by atoms with van der Waals surface area (Å²) in [6.45, 7) is 2.76. The van der Waals surface area contributed by atoms with Crippen molar-refractivity contribution in [2.45, 2.75) is 19.8 Å². The average Bonchev–Trinajstić information content (AvgIpc) is 2.19. The van der Waals surface area contributed by atoms with Crippen molar-refractivity contribution in [3.05, 3.63) is 30.1 Å². The standard InChI is InChI=1S/C10H15N3/c1-2-10(11)13-7-5-9-4-3-6-12-8-9/h3-4,6,8H,2,5,7H2,1H3,(H2,11,13). The predicted molar refractivity (Wildman–Crippen MR) is 54.7 cm³/mol. The van der Waals surface area contributed by atoms with Crippen LogP contribution in [0.4, 0.5) is 0 Å². The molecule has 1 rings (SSSR count). The van der Waals surface area contributed by atoms with Gasteiger partial charge in [0.1, 0.15) is 0 Å². The van der Waals surface area contributed by atoms with Gasteiger partial charge < -0.3 is 5.73 Å². The molecule has 0 unspecified atom stereocenters. The maximum atomic E-state index is 5.57. The molecule has 0 amide bonds. The van der Waals surface area contributed by atoms with Gasteiger partial charge in [0.2, 0.25) is 0 Å². The SMILES string of the molecule is CCC(N)=NCCc1cccnc1. The number of hydrogen-bond acceptors (Lipinski definition) is 2. The van der Waals surface area contributed by atoms with E-state index in [1.54, 1.807) is 6.20 Å². The van der Waals surface area contributed by atoms with Crippen LogP contribution in [0.15, 0.2) is 29.5 Å². The van der Waals surface area contributed by atoms with Crippen LogP contribution in [0.25, 0.3) is 0 Å². The van der Waals surface area contributed by atoms with Gasteiger partial charge in [0.25, 0.3) is 0 Å². The van der Waals surface area contributed by atoms with E-state index < -0.39 is 0 Å². The van der Waals surface area contributed by atoms with Gasteiger partial charge in [-0.25, -0.2) is 0 Å². The van der Waals surface area contributed by atoms with Crippen molar-refractivity contribution in [1.29, 1.82) is 0 Å². The van der Waals surface area contributed by atoms with Gasteiger partial charge in [0, 0.05) is 25.4 Å². The minimum atomic E-state index is 0.726. The van der Waals surface area contributed by atoms with E-state index in [0.29, 0.717) is 0 Å². The summed E-state index contributed by atoms with van der Waals surface area (Å²) < 4.78 is 0. The molecule has 1 aromatic heterocycles. The molecule has 0 radical (unpaired) electrons. The number of aliphatic imine (C=N–C) groups is 1. The van der Waals surface area contributed by atoms with Gasteiger partial charge in [-0.15, -0.1) is 0 Å². The molecule has 70 valence electrons. The van der Waals surface area contributed by atoms with Crippen molar-refractivity contribution in [2.24, 2.45) is 10.7 Å². The van der Waals surface area contributed by atoms with E-state index in [0.717, 1.165) is 25.2 Å². The third kappa shape index (κ3) is 3.69. The molecule has 0 fully saturated rings. The Balaban J connectivity index is 2.36. The van der Waals surface area contributed by atoms with Gasteiger partial charge in [-0.3, -0.25) is 9.98 Å². The number of nitrogens with zero attached hydrogens (tertiary/aromatic N) is 2. The highest BCUT2D eigenvalue weighted by atomic mass is 14.8. The lowest BCUT2D eigenvalue weighted by Gasteiger charge is -1.97. The van der Waals surface area contributed by atoms with Crippen LogP contribution in [0.3, 0.4) is 0 Å². The van der Waals surface area contributed by atoms with Crippen LogP contribution in [0.2, 0.25) is 0 Å². The van der Waals surface area contributed by atoms with Gasteiger partial charge >= 0.3 is 0 Å². The summed E-state index contributed by atoms with van der Waals surface area (Å²) >= 11 is 0. The summed E-state index contributed by atoms with van der Waals surface area (Å²) in [4.78, 5) is 8.23. The fourth-order valence-corrected chi connectivity index (χ4v) is 0.986. The molecule has 0 aliphatic heterocycles. The lowest BCUT2D eigenvalue weighted by Crippen LogP contribution is -2.10. The van der Waals surface area contributed by atoms with E-state index in [-0.39, 0.29) is 0 Å². The van der Waals surface area contributed by atoms with E-state index in [4.69, 9.17) is 5.73 Å². The topological polar surface area (TPSA) is 51.3 Å². The monoisotopic (exact) mass is 177 g/mol. The van der Waals surface area contributed by atoms with Crippen LogP contribution in [0.1, 0.15) is 18.9 Å². The van der Waals surface area contributed by atoms with Crippen LogP contribution in [0.5, 0.6) is 0 Å². The molecule has 0 aliphatic carbocycles. The quantitative estimate of drug-likeness (QED) is 0.558. The van der Waals surface area contributed by atoms with Crippen LogP contribution in [-0.4, -0.2) is 17.4 Å². The first kappa shape index (κ1) is 9.71. The zero-order valence-electron chi connectivity index (χ0n) is 7.90. The van der Waals surface area contributed by atoms with Crippen molar-refractivity contribution in [2.75, 3.05) is 6.54 Å². The summed E-state index contributed by atoms with van der Waals surface area (Å²) in [6, 6.07) is 3.98. The number of nitrogens with two attached hydrogens (primary N) is 1. The minimum Gasteiger partial charge on any atom is -0.387 e. The highest BCUT2D eigenvalue weighted by molar-refractivity contribution is 5.79. The Bertz CT molecular complexity index is 267. The van der Waals surface area contributed by atoms with E-state index in [1.165, 1.54) is 5.56 Å². The van der Waals surface area contributed by atoms with Crippen molar-refractivity contribution in [3.8, 4) is 0 Å². The second-order valence-corrected chi connectivity index (χ2v) is 2.84. The van der Waals surface area contributed by atoms with Crippen LogP contribution in [-0.2, 0) is 6.42 Å². The summed E-state index contributed by atoms with van der Waals surface area (Å²) in [7, 11) is 0. The molecule has 1 heterocycles. The van der Waals surface area contributed by atoms with E-state index in [1.807, 2.05) is 25.3 Å². The number of amidine groups is 1. The number of hydrogen-bond donors (Lipinski definition) is 1. The summed E-state index contributed by atoms with van der Waals surface area (Å²) in [6.07, 6.45) is 5.37. The molecule has 0 saturated carbocycles. The Hall–Kier alpha value is -1.38. The molecule has 13 heavy (non-hydrogen) atoms. The number of rotatable bonds is 4. The maximum Gasteiger partial charge on any atom is 0.0934 e. The first-order valence-electron chi connectivity index (χ1n) is 4.50. The van der Waals surface area contributed by atoms with Gasteiger partial charge in [0.15, 0.2) is 0 Å². The lowest BCUT2D eigenvalue weighted by atomic mass is 10.2. The third-order valence-electron chi connectivity index (χ3n) is 1.80. The average molecular weight is 177 g/mol. The molecule has 0 aromatic carbocycles. The van der Waals surface area contributed by atoms with Gasteiger partial charge in [0.05, 0.1) is 5.84 Å². The van der Waals surface area contributed by atoms with Gasteiger partial charge in [-0.05, 0) is 18.1 Å². The third-order valence-corrected chi connectivity index (χ3v) is 1.80. The van der Waals surface area contributed by atoms with Crippen molar-refractivity contribution in [1.82, 2.24) is 4.98 Å². The molecule has 3 nitrogen and oxygen atoms in total. The fourth-order valence-electron chi connectivity index (χ4n) is 0.986. The van der Waals surface area contributed by atoms with Crippen LogP contribution >= 0.6 is 0 Å². The second kappa shape index (κ2) is 5.30. The first-order valence-corrected chi connectivity index (χ1v) is 4.50. The highest BCUT2D eigenvalue weighted by Gasteiger charge is 1.90. The number of aromatic nitrogens is 1.